The maximum absolute atomic E-state index is 2.52. The van der Waals surface area contributed by atoms with E-state index in [0.717, 1.165) is 0 Å². The van der Waals surface area contributed by atoms with Crippen LogP contribution in [-0.2, 0) is 10.8 Å². The van der Waals surface area contributed by atoms with Gasteiger partial charge in [0.1, 0.15) is 0 Å². The molecule has 0 aromatic heterocycles. The molecule has 4 rings (SSSR count). The quantitative estimate of drug-likeness (QED) is 0.384. The number of aryl methyl sites for hydroxylation is 3. The molecule has 1 saturated carbocycles. The molecular weight excluding hydrogens is 384 g/mol. The monoisotopic (exact) mass is 424 g/mol. The normalized spacial score (nSPS) is 23.8. The molecule has 0 saturated heterocycles. The molecule has 3 aromatic carbocycles. The summed E-state index contributed by atoms with van der Waals surface area (Å²) in [6.07, 6.45) is 5.04. The molecule has 0 aliphatic heterocycles. The van der Waals surface area contributed by atoms with Crippen molar-refractivity contribution in [3.8, 4) is 0 Å². The van der Waals surface area contributed by atoms with Crippen molar-refractivity contribution in [3.05, 3.63) is 106 Å². The standard InChI is InChI=1S/C32H40/c1-23-7-13-27(14-8-23)28-19-26(20-31(4,5)29-15-9-24(2)10-16-29)21-32(6,22-28)30-17-11-25(3)12-18-30/h7-18,26,28H,19-22H2,1-6H3. The molecule has 0 spiro atoms. The average molecular weight is 425 g/mol. The average Bonchev–Trinajstić information content (AvgIpc) is 2.74. The van der Waals surface area contributed by atoms with Gasteiger partial charge >= 0.3 is 0 Å². The lowest BCUT2D eigenvalue weighted by molar-refractivity contribution is 0.180. The van der Waals surface area contributed by atoms with Crippen molar-refractivity contribution < 1.29 is 0 Å². The summed E-state index contributed by atoms with van der Waals surface area (Å²) in [7, 11) is 0. The van der Waals surface area contributed by atoms with E-state index in [4.69, 9.17) is 0 Å². The van der Waals surface area contributed by atoms with E-state index in [1.54, 1.807) is 0 Å². The molecule has 0 N–H and O–H groups in total. The van der Waals surface area contributed by atoms with Crippen LogP contribution in [0.4, 0.5) is 0 Å². The Morgan fingerprint density at radius 1 is 0.719 bits per heavy atom. The Morgan fingerprint density at radius 2 is 1.22 bits per heavy atom. The van der Waals surface area contributed by atoms with Crippen LogP contribution in [0.5, 0.6) is 0 Å². The summed E-state index contributed by atoms with van der Waals surface area (Å²) >= 11 is 0. The predicted octanol–water partition coefficient (Wildman–Crippen LogP) is 8.82. The van der Waals surface area contributed by atoms with E-state index in [-0.39, 0.29) is 10.8 Å². The summed E-state index contributed by atoms with van der Waals surface area (Å²) in [6, 6.07) is 27.9. The molecule has 1 aliphatic rings. The van der Waals surface area contributed by atoms with E-state index in [1.165, 1.54) is 59.1 Å². The first-order valence-electron chi connectivity index (χ1n) is 12.4. The van der Waals surface area contributed by atoms with Crippen molar-refractivity contribution in [2.45, 2.75) is 84.0 Å². The second kappa shape index (κ2) is 8.89. The number of rotatable bonds is 5. The Balaban J connectivity index is 1.65. The van der Waals surface area contributed by atoms with Crippen LogP contribution >= 0.6 is 0 Å². The van der Waals surface area contributed by atoms with Crippen molar-refractivity contribution >= 4 is 0 Å². The van der Waals surface area contributed by atoms with Crippen LogP contribution in [0.2, 0.25) is 0 Å². The van der Waals surface area contributed by atoms with Gasteiger partial charge in [-0.1, -0.05) is 110 Å². The summed E-state index contributed by atoms with van der Waals surface area (Å²) in [4.78, 5) is 0. The van der Waals surface area contributed by atoms with E-state index >= 15 is 0 Å². The third-order valence-corrected chi connectivity index (χ3v) is 7.98. The van der Waals surface area contributed by atoms with Crippen LogP contribution in [0.15, 0.2) is 72.8 Å². The molecule has 1 fully saturated rings. The zero-order chi connectivity index (χ0) is 22.9. The summed E-state index contributed by atoms with van der Waals surface area (Å²) < 4.78 is 0. The molecule has 3 aromatic rings. The molecule has 0 heteroatoms. The summed E-state index contributed by atoms with van der Waals surface area (Å²) in [6.45, 7) is 14.0. The first-order chi connectivity index (χ1) is 15.1. The SMILES string of the molecule is Cc1ccc(C2CC(CC(C)(C)c3ccc(C)cc3)CC(C)(c3ccc(C)cc3)C2)cc1. The molecule has 32 heavy (non-hydrogen) atoms. The molecule has 168 valence electrons. The Hall–Kier alpha value is -2.34. The minimum absolute atomic E-state index is 0.182. The fraction of sp³-hybridized carbons (Fsp3) is 0.438. The zero-order valence-corrected chi connectivity index (χ0v) is 20.9. The van der Waals surface area contributed by atoms with Gasteiger partial charge in [-0.2, -0.15) is 0 Å². The van der Waals surface area contributed by atoms with Gasteiger partial charge in [0, 0.05) is 0 Å². The fourth-order valence-electron chi connectivity index (χ4n) is 6.12. The van der Waals surface area contributed by atoms with E-state index in [1.807, 2.05) is 0 Å². The maximum atomic E-state index is 2.52. The van der Waals surface area contributed by atoms with E-state index in [2.05, 4.69) is 114 Å². The van der Waals surface area contributed by atoms with Crippen molar-refractivity contribution in [1.82, 2.24) is 0 Å². The Labute approximate surface area is 196 Å². The van der Waals surface area contributed by atoms with Crippen molar-refractivity contribution in [3.63, 3.8) is 0 Å². The van der Waals surface area contributed by atoms with Gasteiger partial charge in [-0.25, -0.2) is 0 Å². The third kappa shape index (κ3) is 5.01. The second-order valence-corrected chi connectivity index (χ2v) is 11.5. The van der Waals surface area contributed by atoms with Gasteiger partial charge in [0.25, 0.3) is 0 Å². The predicted molar refractivity (Wildman–Crippen MR) is 139 cm³/mol. The van der Waals surface area contributed by atoms with Crippen LogP contribution in [0.1, 0.15) is 85.8 Å². The first kappa shape index (κ1) is 22.8. The summed E-state index contributed by atoms with van der Waals surface area (Å²) in [5.41, 5.74) is 8.94. The number of benzene rings is 3. The zero-order valence-electron chi connectivity index (χ0n) is 20.9. The fourth-order valence-corrected chi connectivity index (χ4v) is 6.12. The molecule has 0 bridgehead atoms. The van der Waals surface area contributed by atoms with E-state index in [9.17, 15) is 0 Å². The van der Waals surface area contributed by atoms with Gasteiger partial charge < -0.3 is 0 Å². The highest BCUT2D eigenvalue weighted by molar-refractivity contribution is 5.33. The Morgan fingerprint density at radius 3 is 1.78 bits per heavy atom. The highest BCUT2D eigenvalue weighted by Gasteiger charge is 2.40. The molecule has 3 unspecified atom stereocenters. The Bertz CT molecular complexity index is 1020. The summed E-state index contributed by atoms with van der Waals surface area (Å²) in [5, 5.41) is 0. The van der Waals surface area contributed by atoms with Crippen molar-refractivity contribution in [1.29, 1.82) is 0 Å². The molecule has 0 nitrogen and oxygen atoms in total. The minimum atomic E-state index is 0.182. The van der Waals surface area contributed by atoms with Gasteiger partial charge in [-0.05, 0) is 85.8 Å². The summed E-state index contributed by atoms with van der Waals surface area (Å²) in [5.74, 6) is 1.33. The molecule has 3 atom stereocenters. The number of hydrogen-bond donors (Lipinski definition) is 0. The Kier molecular flexibility index (Phi) is 6.35. The van der Waals surface area contributed by atoms with Crippen LogP contribution in [0.25, 0.3) is 0 Å². The van der Waals surface area contributed by atoms with Crippen molar-refractivity contribution in [2.75, 3.05) is 0 Å². The van der Waals surface area contributed by atoms with Gasteiger partial charge in [-0.3, -0.25) is 0 Å². The highest BCUT2D eigenvalue weighted by atomic mass is 14.4. The highest BCUT2D eigenvalue weighted by Crippen LogP contribution is 2.51. The number of hydrogen-bond acceptors (Lipinski definition) is 0. The van der Waals surface area contributed by atoms with Gasteiger partial charge in [0.2, 0.25) is 0 Å². The topological polar surface area (TPSA) is 0 Å². The molecule has 0 heterocycles. The molecule has 1 aliphatic carbocycles. The molecule has 0 radical (unpaired) electrons. The maximum Gasteiger partial charge on any atom is -0.00668 e. The molecule has 0 amide bonds. The molecular formula is C32H40. The lowest BCUT2D eigenvalue weighted by Crippen LogP contribution is -2.36. The first-order valence-corrected chi connectivity index (χ1v) is 12.4. The van der Waals surface area contributed by atoms with Gasteiger partial charge in [0.05, 0.1) is 0 Å². The van der Waals surface area contributed by atoms with Gasteiger partial charge in [-0.15, -0.1) is 0 Å². The lowest BCUT2D eigenvalue weighted by Gasteiger charge is -2.45. The van der Waals surface area contributed by atoms with E-state index < -0.39 is 0 Å². The lowest BCUT2D eigenvalue weighted by atomic mass is 9.59. The van der Waals surface area contributed by atoms with Crippen LogP contribution in [-0.4, -0.2) is 0 Å². The smallest absolute Gasteiger partial charge is 0.00668 e. The van der Waals surface area contributed by atoms with Gasteiger partial charge in [0.15, 0.2) is 0 Å². The van der Waals surface area contributed by atoms with Crippen LogP contribution < -0.4 is 0 Å². The van der Waals surface area contributed by atoms with Crippen LogP contribution in [0, 0.1) is 26.7 Å². The third-order valence-electron chi connectivity index (χ3n) is 7.98. The van der Waals surface area contributed by atoms with Crippen LogP contribution in [0.3, 0.4) is 0 Å². The largest absolute Gasteiger partial charge is 0.0590 e. The minimum Gasteiger partial charge on any atom is -0.0590 e. The van der Waals surface area contributed by atoms with Crippen molar-refractivity contribution in [2.24, 2.45) is 5.92 Å². The second-order valence-electron chi connectivity index (χ2n) is 11.5. The van der Waals surface area contributed by atoms with E-state index in [0.29, 0.717) is 11.8 Å².